The number of ether oxygens (including phenoxy) is 1. The molecule has 0 bridgehead atoms. The van der Waals surface area contributed by atoms with Crippen LogP contribution in [0.3, 0.4) is 0 Å². The van der Waals surface area contributed by atoms with Crippen molar-refractivity contribution in [2.24, 2.45) is 0 Å². The van der Waals surface area contributed by atoms with E-state index in [2.05, 4.69) is 9.62 Å². The first kappa shape index (κ1) is 19.8. The molecule has 0 amide bonds. The molecule has 2 aromatic carbocycles. The number of likely N-dealkylation sites (tertiary alicyclic amines) is 1. The van der Waals surface area contributed by atoms with Crippen molar-refractivity contribution in [1.29, 1.82) is 0 Å². The third-order valence-corrected chi connectivity index (χ3v) is 6.15. The average molecular weight is 391 g/mol. The molecule has 1 saturated heterocycles. The Balaban J connectivity index is 1.53. The minimum atomic E-state index is -3.48. The summed E-state index contributed by atoms with van der Waals surface area (Å²) in [5.74, 6) is 0.734. The van der Waals surface area contributed by atoms with Gasteiger partial charge in [0.15, 0.2) is 0 Å². The number of hydrogen-bond acceptors (Lipinski definition) is 5. The molecule has 0 saturated carbocycles. The minimum absolute atomic E-state index is 0.00455. The van der Waals surface area contributed by atoms with Crippen LogP contribution in [0, 0.1) is 6.92 Å². The standard InChI is InChI=1S/C20H26N2O4S/c1-16-2-8-20(9-3-16)27(24,25)21-18-10-11-22(15-18)14-17-4-6-19(7-5-17)26-13-12-23/h2-9,18,21,23H,10-15H2,1H3/t18-/m0/s1. The van der Waals surface area contributed by atoms with Gasteiger partial charge in [0.25, 0.3) is 0 Å². The zero-order valence-corrected chi connectivity index (χ0v) is 16.3. The van der Waals surface area contributed by atoms with Crippen molar-refractivity contribution < 1.29 is 18.3 Å². The first-order chi connectivity index (χ1) is 13.0. The molecule has 0 aliphatic carbocycles. The van der Waals surface area contributed by atoms with Gasteiger partial charge in [-0.15, -0.1) is 0 Å². The summed E-state index contributed by atoms with van der Waals surface area (Å²) in [6.07, 6.45) is 0.794. The zero-order chi connectivity index (χ0) is 19.3. The van der Waals surface area contributed by atoms with Gasteiger partial charge in [0.2, 0.25) is 10.0 Å². The van der Waals surface area contributed by atoms with Crippen LogP contribution in [-0.4, -0.2) is 50.8 Å². The smallest absolute Gasteiger partial charge is 0.240 e. The number of nitrogens with zero attached hydrogens (tertiary/aromatic N) is 1. The lowest BCUT2D eigenvalue weighted by atomic mass is 10.2. The van der Waals surface area contributed by atoms with Gasteiger partial charge in [-0.05, 0) is 43.2 Å². The number of hydrogen-bond donors (Lipinski definition) is 2. The third-order valence-electron chi connectivity index (χ3n) is 4.62. The van der Waals surface area contributed by atoms with Gasteiger partial charge in [-0.3, -0.25) is 4.90 Å². The maximum absolute atomic E-state index is 12.5. The molecule has 2 aromatic rings. The Labute approximate surface area is 160 Å². The second-order valence-electron chi connectivity index (χ2n) is 6.87. The van der Waals surface area contributed by atoms with E-state index in [0.717, 1.165) is 36.4 Å². The molecule has 0 spiro atoms. The Bertz CT molecular complexity index is 835. The molecule has 27 heavy (non-hydrogen) atoms. The highest BCUT2D eigenvalue weighted by atomic mass is 32.2. The highest BCUT2D eigenvalue weighted by Crippen LogP contribution is 2.18. The van der Waals surface area contributed by atoms with E-state index in [1.165, 1.54) is 0 Å². The van der Waals surface area contributed by atoms with Crippen molar-refractivity contribution in [2.45, 2.75) is 30.8 Å². The molecule has 1 heterocycles. The van der Waals surface area contributed by atoms with Crippen LogP contribution in [0.15, 0.2) is 53.4 Å². The highest BCUT2D eigenvalue weighted by Gasteiger charge is 2.27. The zero-order valence-electron chi connectivity index (χ0n) is 15.5. The van der Waals surface area contributed by atoms with Crippen molar-refractivity contribution in [2.75, 3.05) is 26.3 Å². The third kappa shape index (κ3) is 5.52. The van der Waals surface area contributed by atoms with E-state index in [9.17, 15) is 8.42 Å². The van der Waals surface area contributed by atoms with Crippen molar-refractivity contribution >= 4 is 10.0 Å². The fourth-order valence-electron chi connectivity index (χ4n) is 3.19. The number of aliphatic hydroxyl groups is 1. The topological polar surface area (TPSA) is 78.9 Å². The molecular weight excluding hydrogens is 364 g/mol. The Hall–Kier alpha value is -1.93. The fourth-order valence-corrected chi connectivity index (χ4v) is 4.45. The van der Waals surface area contributed by atoms with Gasteiger partial charge in [0, 0.05) is 25.7 Å². The quantitative estimate of drug-likeness (QED) is 0.720. The van der Waals surface area contributed by atoms with Gasteiger partial charge in [0.05, 0.1) is 11.5 Å². The Morgan fingerprint density at radius 2 is 1.85 bits per heavy atom. The monoisotopic (exact) mass is 390 g/mol. The summed E-state index contributed by atoms with van der Waals surface area (Å²) in [5.41, 5.74) is 2.18. The van der Waals surface area contributed by atoms with Crippen LogP contribution in [0.2, 0.25) is 0 Å². The Morgan fingerprint density at radius 1 is 1.15 bits per heavy atom. The lowest BCUT2D eigenvalue weighted by molar-refractivity contribution is 0.201. The summed E-state index contributed by atoms with van der Waals surface area (Å²) in [7, 11) is -3.48. The molecule has 1 aliphatic rings. The SMILES string of the molecule is Cc1ccc(S(=O)(=O)N[C@H]2CCN(Cc3ccc(OCCO)cc3)C2)cc1. The van der Waals surface area contributed by atoms with Crippen LogP contribution in [0.5, 0.6) is 5.75 Å². The van der Waals surface area contributed by atoms with Gasteiger partial charge in [-0.1, -0.05) is 29.8 Å². The van der Waals surface area contributed by atoms with Gasteiger partial charge >= 0.3 is 0 Å². The largest absolute Gasteiger partial charge is 0.491 e. The van der Waals surface area contributed by atoms with E-state index in [-0.39, 0.29) is 19.3 Å². The van der Waals surface area contributed by atoms with Crippen molar-refractivity contribution in [3.63, 3.8) is 0 Å². The molecule has 1 atom stereocenters. The van der Waals surface area contributed by atoms with Crippen LogP contribution in [0.25, 0.3) is 0 Å². The second-order valence-corrected chi connectivity index (χ2v) is 8.59. The summed E-state index contributed by atoms with van der Waals surface area (Å²) < 4.78 is 33.2. The molecule has 3 rings (SSSR count). The van der Waals surface area contributed by atoms with Crippen molar-refractivity contribution in [1.82, 2.24) is 9.62 Å². The molecule has 1 fully saturated rings. The van der Waals surface area contributed by atoms with Crippen LogP contribution in [0.4, 0.5) is 0 Å². The number of sulfonamides is 1. The van der Waals surface area contributed by atoms with E-state index < -0.39 is 10.0 Å². The minimum Gasteiger partial charge on any atom is -0.491 e. The molecule has 2 N–H and O–H groups in total. The maximum atomic E-state index is 12.5. The van der Waals surface area contributed by atoms with Crippen LogP contribution in [-0.2, 0) is 16.6 Å². The van der Waals surface area contributed by atoms with Crippen molar-refractivity contribution in [3.8, 4) is 5.75 Å². The molecule has 6 nitrogen and oxygen atoms in total. The fraction of sp³-hybridized carbons (Fsp3) is 0.400. The summed E-state index contributed by atoms with van der Waals surface area (Å²) in [6.45, 7) is 4.52. The Morgan fingerprint density at radius 3 is 2.52 bits per heavy atom. The Kier molecular flexibility index (Phi) is 6.49. The van der Waals surface area contributed by atoms with Gasteiger partial charge in [0.1, 0.15) is 12.4 Å². The van der Waals surface area contributed by atoms with Crippen LogP contribution in [0.1, 0.15) is 17.5 Å². The number of rotatable bonds is 8. The van der Waals surface area contributed by atoms with Gasteiger partial charge < -0.3 is 9.84 Å². The van der Waals surface area contributed by atoms with E-state index in [1.807, 2.05) is 43.3 Å². The van der Waals surface area contributed by atoms with E-state index in [0.29, 0.717) is 11.4 Å². The lowest BCUT2D eigenvalue weighted by Gasteiger charge is -2.17. The predicted molar refractivity (Wildman–Crippen MR) is 104 cm³/mol. The van der Waals surface area contributed by atoms with Crippen LogP contribution >= 0.6 is 0 Å². The lowest BCUT2D eigenvalue weighted by Crippen LogP contribution is -2.36. The maximum Gasteiger partial charge on any atom is 0.240 e. The van der Waals surface area contributed by atoms with E-state index in [4.69, 9.17) is 9.84 Å². The van der Waals surface area contributed by atoms with E-state index >= 15 is 0 Å². The normalized spacial score (nSPS) is 17.9. The number of nitrogens with one attached hydrogen (secondary N) is 1. The summed E-state index contributed by atoms with van der Waals surface area (Å²) >= 11 is 0. The number of benzene rings is 2. The highest BCUT2D eigenvalue weighted by molar-refractivity contribution is 7.89. The molecule has 7 heteroatoms. The summed E-state index contributed by atoms with van der Waals surface area (Å²) in [4.78, 5) is 2.55. The molecule has 0 unspecified atom stereocenters. The van der Waals surface area contributed by atoms with Gasteiger partial charge in [-0.2, -0.15) is 0 Å². The molecule has 1 aliphatic heterocycles. The number of aryl methyl sites for hydroxylation is 1. The predicted octanol–water partition coefficient (Wildman–Crippen LogP) is 1.92. The molecular formula is C20H26N2O4S. The molecule has 0 aromatic heterocycles. The first-order valence-corrected chi connectivity index (χ1v) is 10.6. The summed E-state index contributed by atoms with van der Waals surface area (Å²) in [5, 5.41) is 8.78. The summed E-state index contributed by atoms with van der Waals surface area (Å²) in [6, 6.07) is 14.6. The van der Waals surface area contributed by atoms with Crippen molar-refractivity contribution in [3.05, 3.63) is 59.7 Å². The average Bonchev–Trinajstić information content (AvgIpc) is 3.07. The number of aliphatic hydroxyl groups excluding tert-OH is 1. The first-order valence-electron chi connectivity index (χ1n) is 9.10. The van der Waals surface area contributed by atoms with Gasteiger partial charge in [-0.25, -0.2) is 13.1 Å². The van der Waals surface area contributed by atoms with Crippen LogP contribution < -0.4 is 9.46 Å². The molecule has 146 valence electrons. The molecule has 0 radical (unpaired) electrons. The second kappa shape index (κ2) is 8.84. The van der Waals surface area contributed by atoms with E-state index in [1.54, 1.807) is 12.1 Å².